The fraction of sp³-hybridized carbons (Fsp3) is 0.500. The van der Waals surface area contributed by atoms with E-state index >= 15 is 0 Å². The summed E-state index contributed by atoms with van der Waals surface area (Å²) in [7, 11) is -3.56. The van der Waals surface area contributed by atoms with Gasteiger partial charge in [0.2, 0.25) is 15.9 Å². The Bertz CT molecular complexity index is 707. The number of carbonyl (C=O) groups excluding carboxylic acids is 1. The molecule has 0 saturated heterocycles. The highest BCUT2D eigenvalue weighted by atomic mass is 35.5. The van der Waals surface area contributed by atoms with E-state index in [1.165, 1.54) is 19.9 Å². The smallest absolute Gasteiger partial charge is 0.245 e. The lowest BCUT2D eigenvalue weighted by atomic mass is 9.99. The number of benzene rings is 1. The lowest BCUT2D eigenvalue weighted by Gasteiger charge is -2.25. The maximum absolute atomic E-state index is 14.5. The Hall–Kier alpha value is -1.22. The van der Waals surface area contributed by atoms with E-state index in [-0.39, 0.29) is 18.1 Å². The Morgan fingerprint density at radius 2 is 2.00 bits per heavy atom. The van der Waals surface area contributed by atoms with Gasteiger partial charge in [-0.1, -0.05) is 6.07 Å². The first-order chi connectivity index (χ1) is 10.1. The lowest BCUT2D eigenvalue weighted by molar-refractivity contribution is -0.120. The molecule has 0 spiro atoms. The van der Waals surface area contributed by atoms with Gasteiger partial charge in [0, 0.05) is 6.54 Å². The highest BCUT2D eigenvalue weighted by Gasteiger charge is 2.31. The summed E-state index contributed by atoms with van der Waals surface area (Å²) >= 11 is 0. The summed E-state index contributed by atoms with van der Waals surface area (Å²) in [6.07, 6.45) is 1.52. The molecule has 9 heteroatoms. The second kappa shape index (κ2) is 7.12. The van der Waals surface area contributed by atoms with Crippen LogP contribution in [0.5, 0.6) is 0 Å². The topological polar surface area (TPSA) is 87.3 Å². The van der Waals surface area contributed by atoms with Crippen molar-refractivity contribution >= 4 is 34.0 Å². The van der Waals surface area contributed by atoms with E-state index in [9.17, 15) is 17.6 Å². The molecule has 1 amide bonds. The van der Waals surface area contributed by atoms with Gasteiger partial charge in [-0.2, -0.15) is 0 Å². The SMILES string of the molecule is CC(C)(NS(C)(=O)=O)C(=O)Nc1ccc2c(c1F)CCNC2.Cl. The highest BCUT2D eigenvalue weighted by molar-refractivity contribution is 7.88. The molecule has 0 aromatic heterocycles. The maximum Gasteiger partial charge on any atom is 0.245 e. The van der Waals surface area contributed by atoms with E-state index in [0.29, 0.717) is 25.1 Å². The van der Waals surface area contributed by atoms with Crippen molar-refractivity contribution in [3.8, 4) is 0 Å². The number of nitrogens with one attached hydrogen (secondary N) is 3. The third kappa shape index (κ3) is 4.87. The standard InChI is InChI=1S/C14H20FN3O3S.ClH/c1-14(2,18-22(3,20)21)13(19)17-11-5-4-9-8-16-7-6-10(9)12(11)15;/h4-5,16,18H,6-8H2,1-3H3,(H,17,19);1H. The van der Waals surface area contributed by atoms with Gasteiger partial charge < -0.3 is 10.6 Å². The minimum Gasteiger partial charge on any atom is -0.322 e. The van der Waals surface area contributed by atoms with E-state index in [1.807, 2.05) is 0 Å². The van der Waals surface area contributed by atoms with Crippen molar-refractivity contribution in [2.45, 2.75) is 32.4 Å². The number of amides is 1. The van der Waals surface area contributed by atoms with E-state index in [4.69, 9.17) is 0 Å². The summed E-state index contributed by atoms with van der Waals surface area (Å²) in [5.74, 6) is -1.08. The van der Waals surface area contributed by atoms with Crippen LogP contribution in [0.25, 0.3) is 0 Å². The molecule has 0 aliphatic carbocycles. The number of sulfonamides is 1. The third-order valence-corrected chi connectivity index (χ3v) is 4.34. The van der Waals surface area contributed by atoms with Crippen LogP contribution in [-0.2, 0) is 27.8 Å². The number of rotatable bonds is 4. The predicted molar refractivity (Wildman–Crippen MR) is 89.7 cm³/mol. The van der Waals surface area contributed by atoms with E-state index in [0.717, 1.165) is 11.8 Å². The van der Waals surface area contributed by atoms with Gasteiger partial charge in [0.25, 0.3) is 0 Å². The fourth-order valence-electron chi connectivity index (χ4n) is 2.42. The molecule has 1 aromatic rings. The van der Waals surface area contributed by atoms with Crippen LogP contribution < -0.4 is 15.4 Å². The highest BCUT2D eigenvalue weighted by Crippen LogP contribution is 2.25. The summed E-state index contributed by atoms with van der Waals surface area (Å²) in [5, 5.41) is 5.61. The molecule has 0 saturated carbocycles. The molecular formula is C14H21ClFN3O3S. The zero-order valence-electron chi connectivity index (χ0n) is 13.2. The van der Waals surface area contributed by atoms with E-state index in [1.54, 1.807) is 6.07 Å². The Balaban J connectivity index is 0.00000264. The molecule has 1 aromatic carbocycles. The van der Waals surface area contributed by atoms with Crippen molar-refractivity contribution < 1.29 is 17.6 Å². The molecule has 0 unspecified atom stereocenters. The van der Waals surface area contributed by atoms with Crippen LogP contribution in [0.4, 0.5) is 10.1 Å². The van der Waals surface area contributed by atoms with Crippen molar-refractivity contribution in [1.82, 2.24) is 10.0 Å². The maximum atomic E-state index is 14.5. The van der Waals surface area contributed by atoms with E-state index < -0.39 is 27.3 Å². The first kappa shape index (κ1) is 19.8. The Morgan fingerprint density at radius 3 is 2.61 bits per heavy atom. The summed E-state index contributed by atoms with van der Waals surface area (Å²) in [5.41, 5.74) is 0.145. The van der Waals surface area contributed by atoms with Crippen molar-refractivity contribution in [3.63, 3.8) is 0 Å². The molecule has 0 atom stereocenters. The van der Waals surface area contributed by atoms with Crippen LogP contribution in [0.15, 0.2) is 12.1 Å². The zero-order valence-corrected chi connectivity index (χ0v) is 14.8. The zero-order chi connectivity index (χ0) is 16.5. The fourth-order valence-corrected chi connectivity index (χ4v) is 3.44. The number of carbonyl (C=O) groups is 1. The Labute approximate surface area is 141 Å². The van der Waals surface area contributed by atoms with Gasteiger partial charge in [-0.25, -0.2) is 17.5 Å². The summed E-state index contributed by atoms with van der Waals surface area (Å²) in [4.78, 5) is 12.2. The van der Waals surface area contributed by atoms with Crippen molar-refractivity contribution in [2.24, 2.45) is 0 Å². The molecule has 1 aliphatic heterocycles. The molecule has 2 rings (SSSR count). The Kier molecular flexibility index (Phi) is 6.14. The van der Waals surface area contributed by atoms with Crippen molar-refractivity contribution in [2.75, 3.05) is 18.1 Å². The monoisotopic (exact) mass is 365 g/mol. The molecule has 1 aliphatic rings. The van der Waals surface area contributed by atoms with Crippen LogP contribution in [-0.4, -0.2) is 32.7 Å². The predicted octanol–water partition coefficient (Wildman–Crippen LogP) is 1.16. The minimum absolute atomic E-state index is 0. The van der Waals surface area contributed by atoms with Gasteiger partial charge in [0.05, 0.1) is 11.9 Å². The number of anilines is 1. The first-order valence-corrected chi connectivity index (χ1v) is 8.81. The average molecular weight is 366 g/mol. The Morgan fingerprint density at radius 1 is 1.35 bits per heavy atom. The summed E-state index contributed by atoms with van der Waals surface area (Å²) < 4.78 is 39.3. The summed E-state index contributed by atoms with van der Waals surface area (Å²) in [6.45, 7) is 4.12. The largest absolute Gasteiger partial charge is 0.322 e. The molecule has 23 heavy (non-hydrogen) atoms. The van der Waals surface area contributed by atoms with Crippen LogP contribution in [0.2, 0.25) is 0 Å². The van der Waals surface area contributed by atoms with Gasteiger partial charge >= 0.3 is 0 Å². The third-order valence-electron chi connectivity index (χ3n) is 3.46. The molecule has 1 heterocycles. The second-order valence-corrected chi connectivity index (χ2v) is 7.69. The number of fused-ring (bicyclic) bond motifs is 1. The molecule has 0 fully saturated rings. The van der Waals surface area contributed by atoms with Gasteiger partial charge in [0.1, 0.15) is 11.4 Å². The average Bonchev–Trinajstić information content (AvgIpc) is 2.39. The quantitative estimate of drug-likeness (QED) is 0.747. The van der Waals surface area contributed by atoms with Crippen LogP contribution in [0, 0.1) is 5.82 Å². The molecule has 0 bridgehead atoms. The van der Waals surface area contributed by atoms with Gasteiger partial charge in [0.15, 0.2) is 0 Å². The number of hydrogen-bond acceptors (Lipinski definition) is 4. The number of hydrogen-bond donors (Lipinski definition) is 3. The molecule has 6 nitrogen and oxygen atoms in total. The second-order valence-electron chi connectivity index (χ2n) is 5.94. The molecule has 130 valence electrons. The normalized spacial score (nSPS) is 14.6. The van der Waals surface area contributed by atoms with Gasteiger partial charge in [-0.05, 0) is 44.0 Å². The van der Waals surface area contributed by atoms with Crippen LogP contribution >= 0.6 is 12.4 Å². The van der Waals surface area contributed by atoms with Gasteiger partial charge in [-0.15, -0.1) is 12.4 Å². The first-order valence-electron chi connectivity index (χ1n) is 6.91. The summed E-state index contributed by atoms with van der Waals surface area (Å²) in [6, 6.07) is 3.26. The van der Waals surface area contributed by atoms with Gasteiger partial charge in [-0.3, -0.25) is 4.79 Å². The molecule has 0 radical (unpaired) electrons. The van der Waals surface area contributed by atoms with Crippen LogP contribution in [0.1, 0.15) is 25.0 Å². The van der Waals surface area contributed by atoms with Crippen molar-refractivity contribution in [3.05, 3.63) is 29.1 Å². The van der Waals surface area contributed by atoms with Crippen LogP contribution in [0.3, 0.4) is 0 Å². The van der Waals surface area contributed by atoms with E-state index in [2.05, 4.69) is 15.4 Å². The lowest BCUT2D eigenvalue weighted by Crippen LogP contribution is -2.52. The number of halogens is 2. The molecule has 3 N–H and O–H groups in total. The molecular weight excluding hydrogens is 345 g/mol. The van der Waals surface area contributed by atoms with Crippen molar-refractivity contribution in [1.29, 1.82) is 0 Å². The minimum atomic E-state index is -3.56.